The predicted molar refractivity (Wildman–Crippen MR) is 126 cm³/mol. The van der Waals surface area contributed by atoms with Gasteiger partial charge in [-0.05, 0) is 27.9 Å². The van der Waals surface area contributed by atoms with Crippen LogP contribution in [0, 0.1) is 0 Å². The summed E-state index contributed by atoms with van der Waals surface area (Å²) >= 11 is 0. The average Bonchev–Trinajstić information content (AvgIpc) is 2.78. The van der Waals surface area contributed by atoms with Gasteiger partial charge in [-0.3, -0.25) is 0 Å². The Balaban J connectivity index is 3.01. The van der Waals surface area contributed by atoms with Crippen molar-refractivity contribution in [3.8, 4) is 0 Å². The van der Waals surface area contributed by atoms with Crippen LogP contribution in [0.15, 0.2) is 0 Å². The highest BCUT2D eigenvalue weighted by Crippen LogP contribution is 1.88. The largest absolute Gasteiger partial charge is 0.378 e. The van der Waals surface area contributed by atoms with Gasteiger partial charge < -0.3 is 47.5 Å². The third kappa shape index (κ3) is 31.6. The van der Waals surface area contributed by atoms with Crippen molar-refractivity contribution in [2.75, 3.05) is 133 Å². The van der Waals surface area contributed by atoms with Crippen LogP contribution in [0.5, 0.6) is 0 Å². The summed E-state index contributed by atoms with van der Waals surface area (Å²) in [6.45, 7) is 14.6. The first-order valence-corrected chi connectivity index (χ1v) is 12.0. The minimum atomic E-state index is 0.239. The molecule has 10 nitrogen and oxygen atoms in total. The van der Waals surface area contributed by atoms with Crippen LogP contribution in [0.1, 0.15) is 13.8 Å². The Morgan fingerprint density at radius 3 is 0.879 bits per heavy atom. The minimum absolute atomic E-state index is 0.239. The molecule has 33 heavy (non-hydrogen) atoms. The zero-order valence-electron chi connectivity index (χ0n) is 21.4. The van der Waals surface area contributed by atoms with Gasteiger partial charge in [-0.2, -0.15) is 0 Å². The molecule has 0 spiro atoms. The Kier molecular flexibility index (Phi) is 27.5. The van der Waals surface area contributed by atoms with Crippen molar-refractivity contribution in [2.45, 2.75) is 20.0 Å². The quantitative estimate of drug-likeness (QED) is 0.151. The van der Waals surface area contributed by atoms with Crippen molar-refractivity contribution >= 4 is 0 Å². The fourth-order valence-electron chi connectivity index (χ4n) is 2.23. The third-order valence-corrected chi connectivity index (χ3v) is 3.97. The number of likely N-dealkylation sites (N-methyl/N-ethyl adjacent to an activating group) is 1. The summed E-state index contributed by atoms with van der Waals surface area (Å²) in [5.41, 5.74) is 0. The van der Waals surface area contributed by atoms with E-state index in [9.17, 15) is 0 Å². The van der Waals surface area contributed by atoms with Gasteiger partial charge in [0.05, 0.1) is 118 Å². The summed E-state index contributed by atoms with van der Waals surface area (Å²) in [6.07, 6.45) is 0.239. The molecule has 200 valence electrons. The Labute approximate surface area is 201 Å². The Hall–Kier alpha value is -0.400. The van der Waals surface area contributed by atoms with Crippen LogP contribution < -0.4 is 0 Å². The number of rotatable bonds is 28. The van der Waals surface area contributed by atoms with Gasteiger partial charge >= 0.3 is 0 Å². The lowest BCUT2D eigenvalue weighted by molar-refractivity contribution is -0.0269. The Morgan fingerprint density at radius 1 is 0.394 bits per heavy atom. The van der Waals surface area contributed by atoms with Crippen molar-refractivity contribution in [3.63, 3.8) is 0 Å². The molecule has 0 amide bonds. The van der Waals surface area contributed by atoms with E-state index >= 15 is 0 Å². The molecule has 0 aliphatic heterocycles. The minimum Gasteiger partial charge on any atom is -0.378 e. The highest BCUT2D eigenvalue weighted by atomic mass is 16.6. The maximum atomic E-state index is 5.45. The highest BCUT2D eigenvalue weighted by Gasteiger charge is 1.96. The number of hydrogen-bond donors (Lipinski definition) is 0. The Bertz CT molecular complexity index is 331. The monoisotopic (exact) mass is 483 g/mol. The van der Waals surface area contributed by atoms with E-state index in [4.69, 9.17) is 42.6 Å². The van der Waals surface area contributed by atoms with Crippen molar-refractivity contribution < 1.29 is 42.6 Å². The van der Waals surface area contributed by atoms with Crippen LogP contribution in [0.25, 0.3) is 0 Å². The lowest BCUT2D eigenvalue weighted by Crippen LogP contribution is -2.19. The fraction of sp³-hybridized carbons (Fsp3) is 1.00. The number of hydrogen-bond acceptors (Lipinski definition) is 10. The molecule has 0 N–H and O–H groups in total. The third-order valence-electron chi connectivity index (χ3n) is 3.97. The summed E-state index contributed by atoms with van der Waals surface area (Å²) in [7, 11) is 4.04. The molecule has 0 aromatic rings. The van der Waals surface area contributed by atoms with Gasteiger partial charge in [-0.25, -0.2) is 0 Å². The van der Waals surface area contributed by atoms with Crippen molar-refractivity contribution in [1.82, 2.24) is 4.90 Å². The van der Waals surface area contributed by atoms with E-state index in [1.165, 1.54) is 0 Å². The van der Waals surface area contributed by atoms with E-state index in [0.717, 1.165) is 13.2 Å². The van der Waals surface area contributed by atoms with Crippen molar-refractivity contribution in [2.24, 2.45) is 0 Å². The molecule has 0 rings (SSSR count). The molecule has 0 heterocycles. The fourth-order valence-corrected chi connectivity index (χ4v) is 2.23. The zero-order valence-corrected chi connectivity index (χ0v) is 21.4. The first kappa shape index (κ1) is 32.6. The SMILES string of the molecule is CC(C)OCCOCCOCCOCCOCCOCCOCCOCCOCCN(C)C. The van der Waals surface area contributed by atoms with Crippen LogP contribution in [0.2, 0.25) is 0 Å². The first-order chi connectivity index (χ1) is 16.1. The highest BCUT2D eigenvalue weighted by molar-refractivity contribution is 4.41. The standard InChI is InChI=1S/C23H49NO9/c1-23(2)33-22-21-32-20-19-31-18-17-30-16-15-29-14-13-28-12-11-27-10-9-26-8-7-25-6-5-24(3)4/h23H,5-22H2,1-4H3. The molecule has 0 fully saturated rings. The summed E-state index contributed by atoms with van der Waals surface area (Å²) in [6, 6.07) is 0. The molecule has 0 saturated heterocycles. The molecule has 0 radical (unpaired) electrons. The lowest BCUT2D eigenvalue weighted by atomic mass is 10.5. The van der Waals surface area contributed by atoms with E-state index in [2.05, 4.69) is 4.90 Å². The molecular weight excluding hydrogens is 434 g/mol. The molecule has 10 heteroatoms. The Morgan fingerprint density at radius 2 is 0.636 bits per heavy atom. The van der Waals surface area contributed by atoms with Crippen LogP contribution in [0.3, 0.4) is 0 Å². The molecule has 0 atom stereocenters. The summed E-state index contributed by atoms with van der Waals surface area (Å²) < 4.78 is 48.8. The average molecular weight is 484 g/mol. The van der Waals surface area contributed by atoms with Gasteiger partial charge in [0.25, 0.3) is 0 Å². The second-order valence-electron chi connectivity index (χ2n) is 7.62. The maximum Gasteiger partial charge on any atom is 0.0703 e. The van der Waals surface area contributed by atoms with E-state index in [-0.39, 0.29) is 6.10 Å². The van der Waals surface area contributed by atoms with Crippen molar-refractivity contribution in [1.29, 1.82) is 0 Å². The van der Waals surface area contributed by atoms with Crippen LogP contribution in [0.4, 0.5) is 0 Å². The van der Waals surface area contributed by atoms with E-state index in [1.54, 1.807) is 0 Å². The molecule has 0 aliphatic carbocycles. The first-order valence-electron chi connectivity index (χ1n) is 12.0. The number of ether oxygens (including phenoxy) is 9. The topological polar surface area (TPSA) is 86.3 Å². The maximum absolute atomic E-state index is 5.45. The molecule has 0 aliphatic rings. The van der Waals surface area contributed by atoms with Gasteiger partial charge in [0.1, 0.15) is 0 Å². The second-order valence-corrected chi connectivity index (χ2v) is 7.62. The number of nitrogens with zero attached hydrogens (tertiary/aromatic N) is 1. The van der Waals surface area contributed by atoms with Gasteiger partial charge in [0, 0.05) is 6.54 Å². The van der Waals surface area contributed by atoms with Crippen LogP contribution in [-0.4, -0.2) is 144 Å². The summed E-state index contributed by atoms with van der Waals surface area (Å²) in [5, 5.41) is 0. The molecule has 0 unspecified atom stereocenters. The van der Waals surface area contributed by atoms with E-state index < -0.39 is 0 Å². The molecule has 0 aromatic heterocycles. The normalized spacial score (nSPS) is 11.8. The predicted octanol–water partition coefficient (Wildman–Crippen LogP) is 1.11. The molecule has 0 bridgehead atoms. The van der Waals surface area contributed by atoms with E-state index in [1.807, 2.05) is 27.9 Å². The van der Waals surface area contributed by atoms with Crippen molar-refractivity contribution in [3.05, 3.63) is 0 Å². The lowest BCUT2D eigenvalue weighted by Gasteiger charge is -2.10. The second kappa shape index (κ2) is 27.8. The van der Waals surface area contributed by atoms with Crippen LogP contribution in [-0.2, 0) is 42.6 Å². The van der Waals surface area contributed by atoms with Gasteiger partial charge in [0.15, 0.2) is 0 Å². The molecular formula is C23H49NO9. The van der Waals surface area contributed by atoms with Crippen LogP contribution >= 0.6 is 0 Å². The summed E-state index contributed by atoms with van der Waals surface area (Å²) in [4.78, 5) is 2.08. The van der Waals surface area contributed by atoms with Gasteiger partial charge in [-0.15, -0.1) is 0 Å². The molecule has 0 aromatic carbocycles. The summed E-state index contributed by atoms with van der Waals surface area (Å²) in [5.74, 6) is 0. The zero-order chi connectivity index (χ0) is 24.2. The molecule has 0 saturated carbocycles. The van der Waals surface area contributed by atoms with Gasteiger partial charge in [0.2, 0.25) is 0 Å². The smallest absolute Gasteiger partial charge is 0.0703 e. The van der Waals surface area contributed by atoms with Gasteiger partial charge in [-0.1, -0.05) is 0 Å². The van der Waals surface area contributed by atoms with E-state index in [0.29, 0.717) is 106 Å².